The van der Waals surface area contributed by atoms with Crippen LogP contribution in [0.15, 0.2) is 84.9 Å². The van der Waals surface area contributed by atoms with Gasteiger partial charge in [0.1, 0.15) is 15.7 Å². The Kier molecular flexibility index (Phi) is 6.62. The number of anilines is 2. The van der Waals surface area contributed by atoms with Crippen LogP contribution in [0.25, 0.3) is 22.3 Å². The standard InChI is InChI=1S/C35H41B2N/c1-22(36)26-18-19-28-27-15-11-12-16-30(27)35(6,7)32(28)33(26)38(34(3,4)5)31-20-17-25(21-29(31)23(2)37)24-13-9-8-10-14-24/h8-23H,36-37H2,1-7H3. The molecule has 4 aromatic carbocycles. The Morgan fingerprint density at radius 1 is 0.684 bits per heavy atom. The number of rotatable bonds is 5. The molecule has 0 saturated heterocycles. The lowest BCUT2D eigenvalue weighted by Crippen LogP contribution is -2.40. The average Bonchev–Trinajstić information content (AvgIpc) is 3.11. The molecule has 1 aliphatic rings. The molecule has 4 aromatic rings. The maximum Gasteiger partial charge on any atom is 0.110 e. The Morgan fingerprint density at radius 2 is 1.32 bits per heavy atom. The van der Waals surface area contributed by atoms with Crippen molar-refractivity contribution in [2.75, 3.05) is 4.90 Å². The maximum atomic E-state index is 2.67. The van der Waals surface area contributed by atoms with Crippen molar-refractivity contribution >= 4 is 27.1 Å². The van der Waals surface area contributed by atoms with Crippen molar-refractivity contribution < 1.29 is 0 Å². The van der Waals surface area contributed by atoms with Crippen LogP contribution in [0.5, 0.6) is 0 Å². The van der Waals surface area contributed by atoms with Gasteiger partial charge in [0.05, 0.1) is 0 Å². The van der Waals surface area contributed by atoms with E-state index in [1.54, 1.807) is 0 Å². The van der Waals surface area contributed by atoms with E-state index in [4.69, 9.17) is 0 Å². The van der Waals surface area contributed by atoms with Gasteiger partial charge in [-0.15, -0.1) is 0 Å². The molecule has 0 radical (unpaired) electrons. The van der Waals surface area contributed by atoms with Gasteiger partial charge >= 0.3 is 0 Å². The minimum Gasteiger partial charge on any atom is -0.335 e. The summed E-state index contributed by atoms with van der Waals surface area (Å²) in [7, 11) is 4.66. The van der Waals surface area contributed by atoms with Crippen LogP contribution in [0.1, 0.15) is 82.4 Å². The van der Waals surface area contributed by atoms with E-state index in [1.807, 2.05) is 0 Å². The molecule has 1 aliphatic carbocycles. The zero-order valence-electron chi connectivity index (χ0n) is 24.7. The second-order valence-electron chi connectivity index (χ2n) is 13.1. The van der Waals surface area contributed by atoms with Crippen molar-refractivity contribution in [2.24, 2.45) is 0 Å². The van der Waals surface area contributed by atoms with Crippen molar-refractivity contribution in [3.8, 4) is 22.3 Å². The minimum absolute atomic E-state index is 0.0857. The van der Waals surface area contributed by atoms with Gasteiger partial charge in [-0.25, -0.2) is 0 Å². The number of hydrogen-bond donors (Lipinski definition) is 0. The summed E-state index contributed by atoms with van der Waals surface area (Å²) in [5, 5.41) is 0. The second-order valence-corrected chi connectivity index (χ2v) is 13.1. The van der Waals surface area contributed by atoms with Crippen LogP contribution in [0.2, 0.25) is 0 Å². The van der Waals surface area contributed by atoms with Crippen LogP contribution in [-0.2, 0) is 5.41 Å². The van der Waals surface area contributed by atoms with E-state index >= 15 is 0 Å². The van der Waals surface area contributed by atoms with Crippen LogP contribution in [0, 0.1) is 0 Å². The number of hydrogen-bond acceptors (Lipinski definition) is 1. The van der Waals surface area contributed by atoms with Gasteiger partial charge in [0.15, 0.2) is 0 Å². The normalized spacial score (nSPS) is 15.4. The molecule has 0 bridgehead atoms. The highest BCUT2D eigenvalue weighted by Gasteiger charge is 2.42. The molecule has 0 N–H and O–H groups in total. The van der Waals surface area contributed by atoms with E-state index in [9.17, 15) is 0 Å². The summed E-state index contributed by atoms with van der Waals surface area (Å²) in [6, 6.07) is 31.6. The van der Waals surface area contributed by atoms with Crippen LogP contribution >= 0.6 is 0 Å². The molecule has 2 atom stereocenters. The van der Waals surface area contributed by atoms with Gasteiger partial charge in [-0.2, -0.15) is 0 Å². The van der Waals surface area contributed by atoms with E-state index in [0.29, 0.717) is 11.6 Å². The summed E-state index contributed by atoms with van der Waals surface area (Å²) >= 11 is 0. The van der Waals surface area contributed by atoms with E-state index in [2.05, 4.69) is 154 Å². The quantitative estimate of drug-likeness (QED) is 0.253. The zero-order valence-corrected chi connectivity index (χ0v) is 24.7. The third-order valence-electron chi connectivity index (χ3n) is 8.24. The first kappa shape index (κ1) is 26.4. The van der Waals surface area contributed by atoms with Crippen molar-refractivity contribution in [3.63, 3.8) is 0 Å². The Labute approximate surface area is 232 Å². The molecule has 38 heavy (non-hydrogen) atoms. The predicted octanol–water partition coefficient (Wildman–Crippen LogP) is 7.98. The van der Waals surface area contributed by atoms with Gasteiger partial charge in [0.25, 0.3) is 0 Å². The Hall–Kier alpha value is -3.19. The van der Waals surface area contributed by atoms with Crippen molar-refractivity contribution in [1.29, 1.82) is 0 Å². The van der Waals surface area contributed by atoms with E-state index in [-0.39, 0.29) is 11.0 Å². The summed E-state index contributed by atoms with van der Waals surface area (Å²) in [4.78, 5) is 2.67. The fourth-order valence-corrected chi connectivity index (χ4v) is 6.42. The Bertz CT molecular complexity index is 1480. The number of fused-ring (bicyclic) bond motifs is 3. The summed E-state index contributed by atoms with van der Waals surface area (Å²) in [6.07, 6.45) is 0. The second kappa shape index (κ2) is 9.53. The smallest absolute Gasteiger partial charge is 0.110 e. The first-order valence-electron chi connectivity index (χ1n) is 14.2. The first-order chi connectivity index (χ1) is 17.9. The summed E-state index contributed by atoms with van der Waals surface area (Å²) in [5.74, 6) is 0.800. The molecule has 0 saturated carbocycles. The van der Waals surface area contributed by atoms with E-state index in [1.165, 1.54) is 55.9 Å². The van der Waals surface area contributed by atoms with Crippen LogP contribution < -0.4 is 4.90 Å². The predicted molar refractivity (Wildman–Crippen MR) is 172 cm³/mol. The lowest BCUT2D eigenvalue weighted by molar-refractivity contribution is 0.549. The van der Waals surface area contributed by atoms with E-state index in [0.717, 1.165) is 0 Å². The maximum absolute atomic E-state index is 2.67. The average molecular weight is 497 g/mol. The molecule has 0 aromatic heterocycles. The molecule has 1 nitrogen and oxygen atoms in total. The fourth-order valence-electron chi connectivity index (χ4n) is 6.42. The molecule has 0 heterocycles. The molecule has 0 aliphatic heterocycles. The monoisotopic (exact) mass is 497 g/mol. The molecule has 5 rings (SSSR count). The van der Waals surface area contributed by atoms with Gasteiger partial charge in [0.2, 0.25) is 0 Å². The van der Waals surface area contributed by atoms with Gasteiger partial charge in [-0.1, -0.05) is 100 Å². The zero-order chi connectivity index (χ0) is 27.4. The lowest BCUT2D eigenvalue weighted by Gasteiger charge is -2.44. The third-order valence-corrected chi connectivity index (χ3v) is 8.24. The number of benzene rings is 4. The van der Waals surface area contributed by atoms with Crippen LogP contribution in [-0.4, -0.2) is 21.2 Å². The van der Waals surface area contributed by atoms with E-state index < -0.39 is 0 Å². The summed E-state index contributed by atoms with van der Waals surface area (Å²) in [6.45, 7) is 16.6. The highest BCUT2D eigenvalue weighted by molar-refractivity contribution is 6.14. The fraction of sp³-hybridized carbons (Fsp3) is 0.314. The molecular formula is C35H41B2N. The molecule has 2 unspecified atom stereocenters. The number of nitrogens with zero attached hydrogens (tertiary/aromatic N) is 1. The molecule has 192 valence electrons. The van der Waals surface area contributed by atoms with Crippen LogP contribution in [0.4, 0.5) is 11.4 Å². The van der Waals surface area contributed by atoms with Crippen molar-refractivity contribution in [2.45, 2.75) is 71.1 Å². The summed E-state index contributed by atoms with van der Waals surface area (Å²) < 4.78 is 0. The SMILES string of the molecule is BC(C)c1cc(-c2ccccc2)ccc1N(c1c(C(B)C)ccc2c1C(C)(C)c1ccccc1-2)C(C)(C)C. The third kappa shape index (κ3) is 4.31. The van der Waals surface area contributed by atoms with Gasteiger partial charge in [-0.3, -0.25) is 0 Å². The summed E-state index contributed by atoms with van der Waals surface area (Å²) in [5.41, 5.74) is 13.5. The van der Waals surface area contributed by atoms with Crippen molar-refractivity contribution in [3.05, 3.63) is 107 Å². The molecular weight excluding hydrogens is 456 g/mol. The van der Waals surface area contributed by atoms with Crippen LogP contribution in [0.3, 0.4) is 0 Å². The largest absolute Gasteiger partial charge is 0.335 e. The molecule has 3 heteroatoms. The topological polar surface area (TPSA) is 3.24 Å². The Morgan fingerprint density at radius 3 is 1.95 bits per heavy atom. The van der Waals surface area contributed by atoms with Gasteiger partial charge < -0.3 is 4.90 Å². The Balaban J connectivity index is 1.83. The lowest BCUT2D eigenvalue weighted by atomic mass is 9.74. The molecule has 0 amide bonds. The molecule has 0 spiro atoms. The first-order valence-corrected chi connectivity index (χ1v) is 14.2. The van der Waals surface area contributed by atoms with Crippen molar-refractivity contribution in [1.82, 2.24) is 0 Å². The minimum atomic E-state index is -0.123. The highest BCUT2D eigenvalue weighted by Crippen LogP contribution is 2.56. The van der Waals surface area contributed by atoms with Gasteiger partial charge in [-0.05, 0) is 89.0 Å². The highest BCUT2D eigenvalue weighted by atomic mass is 15.2. The molecule has 0 fully saturated rings. The van der Waals surface area contributed by atoms with Gasteiger partial charge in [0, 0.05) is 22.3 Å².